The number of carbonyl (C=O) groups excluding carboxylic acids is 1. The van der Waals surface area contributed by atoms with Gasteiger partial charge in [0.2, 0.25) is 5.91 Å². The van der Waals surface area contributed by atoms with Gasteiger partial charge in [0.25, 0.3) is 5.56 Å². The van der Waals surface area contributed by atoms with Crippen LogP contribution in [0, 0.1) is 0 Å². The van der Waals surface area contributed by atoms with Crippen molar-refractivity contribution < 1.29 is 4.79 Å². The molecule has 0 fully saturated rings. The molecule has 1 amide bonds. The maximum absolute atomic E-state index is 12.2. The summed E-state index contributed by atoms with van der Waals surface area (Å²) in [6, 6.07) is 19.1. The Hall–Kier alpha value is -2.73. The van der Waals surface area contributed by atoms with E-state index in [1.165, 1.54) is 16.3 Å². The third-order valence-electron chi connectivity index (χ3n) is 4.48. The zero-order valence-corrected chi connectivity index (χ0v) is 17.3. The fourth-order valence-corrected chi connectivity index (χ4v) is 3.04. The van der Waals surface area contributed by atoms with Gasteiger partial charge in [0, 0.05) is 29.1 Å². The summed E-state index contributed by atoms with van der Waals surface area (Å²) in [5.74, 6) is -0.109. The second kappa shape index (κ2) is 9.46. The van der Waals surface area contributed by atoms with Crippen molar-refractivity contribution in [2.45, 2.75) is 32.9 Å². The van der Waals surface area contributed by atoms with Gasteiger partial charge in [-0.05, 0) is 35.7 Å². The summed E-state index contributed by atoms with van der Waals surface area (Å²) in [5.41, 5.74) is 3.72. The van der Waals surface area contributed by atoms with Crippen molar-refractivity contribution in [3.63, 3.8) is 0 Å². The van der Waals surface area contributed by atoms with Gasteiger partial charge in [0.1, 0.15) is 0 Å². The summed E-state index contributed by atoms with van der Waals surface area (Å²) in [6.07, 6.45) is 1.19. The number of hydrogen-bond donors (Lipinski definition) is 1. The Morgan fingerprint density at radius 3 is 2.36 bits per heavy atom. The smallest absolute Gasteiger partial charge is 0.266 e. The van der Waals surface area contributed by atoms with Gasteiger partial charge in [-0.15, -0.1) is 0 Å². The lowest BCUT2D eigenvalue weighted by Gasteiger charge is -2.09. The molecule has 3 rings (SSSR count). The maximum atomic E-state index is 12.2. The molecule has 5 nitrogen and oxygen atoms in total. The number of carbonyl (C=O) groups is 1. The molecule has 3 aromatic rings. The van der Waals surface area contributed by atoms with Crippen LogP contribution in [0.3, 0.4) is 0 Å². The molecule has 0 radical (unpaired) electrons. The molecule has 28 heavy (non-hydrogen) atoms. The third-order valence-corrected chi connectivity index (χ3v) is 5.01. The standard InChI is InChI=1S/C22H22BrN3O2/c1-2-16-3-5-17(6-4-16)15-24-21(27)13-14-26-22(28)12-11-20(25-26)18-7-9-19(23)10-8-18/h3-12H,2,13-15H2,1H3,(H,24,27). The maximum Gasteiger partial charge on any atom is 0.266 e. The molecule has 0 aliphatic heterocycles. The molecular weight excluding hydrogens is 418 g/mol. The first-order valence-electron chi connectivity index (χ1n) is 9.24. The van der Waals surface area contributed by atoms with Gasteiger partial charge < -0.3 is 5.32 Å². The molecule has 0 spiro atoms. The molecule has 0 aliphatic rings. The first-order valence-corrected chi connectivity index (χ1v) is 10.0. The van der Waals surface area contributed by atoms with Crippen LogP contribution in [0.1, 0.15) is 24.5 Å². The Kier molecular flexibility index (Phi) is 6.76. The van der Waals surface area contributed by atoms with E-state index in [0.717, 1.165) is 22.0 Å². The lowest BCUT2D eigenvalue weighted by Crippen LogP contribution is -2.28. The number of hydrogen-bond acceptors (Lipinski definition) is 3. The average Bonchev–Trinajstić information content (AvgIpc) is 2.72. The van der Waals surface area contributed by atoms with E-state index in [1.54, 1.807) is 6.07 Å². The van der Waals surface area contributed by atoms with Crippen LogP contribution in [0.15, 0.2) is 69.9 Å². The van der Waals surface area contributed by atoms with Gasteiger partial charge in [-0.1, -0.05) is 59.3 Å². The van der Waals surface area contributed by atoms with E-state index in [9.17, 15) is 9.59 Å². The predicted molar refractivity (Wildman–Crippen MR) is 114 cm³/mol. The number of benzene rings is 2. The van der Waals surface area contributed by atoms with Gasteiger partial charge >= 0.3 is 0 Å². The van der Waals surface area contributed by atoms with E-state index in [4.69, 9.17) is 0 Å². The highest BCUT2D eigenvalue weighted by atomic mass is 79.9. The fourth-order valence-electron chi connectivity index (χ4n) is 2.77. The molecule has 0 saturated carbocycles. The normalized spacial score (nSPS) is 10.6. The third kappa shape index (κ3) is 5.39. The molecule has 0 atom stereocenters. The fraction of sp³-hybridized carbons (Fsp3) is 0.227. The van der Waals surface area contributed by atoms with E-state index < -0.39 is 0 Å². The van der Waals surface area contributed by atoms with Gasteiger partial charge in [0.15, 0.2) is 0 Å². The summed E-state index contributed by atoms with van der Waals surface area (Å²) in [5, 5.41) is 7.28. The highest BCUT2D eigenvalue weighted by Gasteiger charge is 2.07. The van der Waals surface area contributed by atoms with E-state index in [0.29, 0.717) is 12.2 Å². The van der Waals surface area contributed by atoms with Crippen LogP contribution in [0.25, 0.3) is 11.3 Å². The molecule has 144 valence electrons. The molecule has 6 heteroatoms. The van der Waals surface area contributed by atoms with E-state index in [-0.39, 0.29) is 24.4 Å². The van der Waals surface area contributed by atoms with Crippen molar-refractivity contribution in [1.82, 2.24) is 15.1 Å². The first kappa shape index (κ1) is 20.0. The van der Waals surface area contributed by atoms with Crippen LogP contribution in [-0.2, 0) is 24.3 Å². The Balaban J connectivity index is 1.58. The Labute approximate surface area is 172 Å². The van der Waals surface area contributed by atoms with E-state index >= 15 is 0 Å². The molecule has 0 saturated heterocycles. The summed E-state index contributed by atoms with van der Waals surface area (Å²) >= 11 is 3.40. The van der Waals surface area contributed by atoms with Crippen LogP contribution in [0.4, 0.5) is 0 Å². The van der Waals surface area contributed by atoms with Crippen molar-refractivity contribution >= 4 is 21.8 Å². The number of amides is 1. The van der Waals surface area contributed by atoms with E-state index in [2.05, 4.69) is 45.4 Å². The quantitative estimate of drug-likeness (QED) is 0.606. The van der Waals surface area contributed by atoms with Crippen LogP contribution in [-0.4, -0.2) is 15.7 Å². The lowest BCUT2D eigenvalue weighted by atomic mass is 10.1. The van der Waals surface area contributed by atoms with E-state index in [1.807, 2.05) is 36.4 Å². The second-order valence-electron chi connectivity index (χ2n) is 6.48. The molecule has 1 heterocycles. The summed E-state index contributed by atoms with van der Waals surface area (Å²) in [7, 11) is 0. The van der Waals surface area contributed by atoms with Gasteiger partial charge in [-0.3, -0.25) is 9.59 Å². The minimum absolute atomic E-state index is 0.109. The molecule has 1 aromatic heterocycles. The van der Waals surface area contributed by atoms with Crippen LogP contribution >= 0.6 is 15.9 Å². The first-order chi connectivity index (χ1) is 13.5. The molecule has 0 unspecified atom stereocenters. The topological polar surface area (TPSA) is 64.0 Å². The van der Waals surface area contributed by atoms with Crippen LogP contribution in [0.2, 0.25) is 0 Å². The van der Waals surface area contributed by atoms with Crippen molar-refractivity contribution in [3.8, 4) is 11.3 Å². The summed E-state index contributed by atoms with van der Waals surface area (Å²) < 4.78 is 2.32. The van der Waals surface area contributed by atoms with Gasteiger partial charge in [-0.25, -0.2) is 4.68 Å². The van der Waals surface area contributed by atoms with Crippen molar-refractivity contribution in [2.24, 2.45) is 0 Å². The average molecular weight is 440 g/mol. The van der Waals surface area contributed by atoms with Crippen molar-refractivity contribution in [1.29, 1.82) is 0 Å². The number of aryl methyl sites for hydroxylation is 2. The SMILES string of the molecule is CCc1ccc(CNC(=O)CCn2nc(-c3ccc(Br)cc3)ccc2=O)cc1. The molecule has 0 aliphatic carbocycles. The number of rotatable bonds is 7. The highest BCUT2D eigenvalue weighted by Crippen LogP contribution is 2.18. The monoisotopic (exact) mass is 439 g/mol. The zero-order chi connectivity index (χ0) is 19.9. The Morgan fingerprint density at radius 1 is 1.00 bits per heavy atom. The lowest BCUT2D eigenvalue weighted by molar-refractivity contribution is -0.121. The highest BCUT2D eigenvalue weighted by molar-refractivity contribution is 9.10. The van der Waals surface area contributed by atoms with Crippen LogP contribution < -0.4 is 10.9 Å². The predicted octanol–water partition coefficient (Wildman–Crippen LogP) is 3.94. The Bertz CT molecular complexity index is 996. The Morgan fingerprint density at radius 2 is 1.68 bits per heavy atom. The number of halogens is 1. The molecular formula is C22H22BrN3O2. The van der Waals surface area contributed by atoms with Crippen molar-refractivity contribution in [2.75, 3.05) is 0 Å². The second-order valence-corrected chi connectivity index (χ2v) is 7.40. The minimum Gasteiger partial charge on any atom is -0.352 e. The summed E-state index contributed by atoms with van der Waals surface area (Å²) in [6.45, 7) is 2.83. The van der Waals surface area contributed by atoms with Crippen LogP contribution in [0.5, 0.6) is 0 Å². The minimum atomic E-state index is -0.219. The molecule has 0 bridgehead atoms. The zero-order valence-electron chi connectivity index (χ0n) is 15.7. The van der Waals surface area contributed by atoms with Gasteiger partial charge in [0.05, 0.1) is 12.2 Å². The largest absolute Gasteiger partial charge is 0.352 e. The number of nitrogens with zero attached hydrogens (tertiary/aromatic N) is 2. The number of nitrogens with one attached hydrogen (secondary N) is 1. The molecule has 1 N–H and O–H groups in total. The summed E-state index contributed by atoms with van der Waals surface area (Å²) in [4.78, 5) is 24.2. The molecule has 2 aromatic carbocycles. The van der Waals surface area contributed by atoms with Gasteiger partial charge in [-0.2, -0.15) is 5.10 Å². The van der Waals surface area contributed by atoms with Crippen molar-refractivity contribution in [3.05, 3.63) is 86.6 Å². The number of aromatic nitrogens is 2.